The maximum absolute atomic E-state index is 12.9. The first-order valence-corrected chi connectivity index (χ1v) is 13.0. The van der Waals surface area contributed by atoms with Crippen molar-refractivity contribution >= 4 is 23.6 Å². The summed E-state index contributed by atoms with van der Waals surface area (Å²) in [7, 11) is 0. The number of halogens is 3. The molecule has 2 aromatic carbocycles. The highest BCUT2D eigenvalue weighted by molar-refractivity contribution is 5.84. The Labute approximate surface area is 237 Å². The van der Waals surface area contributed by atoms with Gasteiger partial charge in [-0.05, 0) is 43.9 Å². The lowest BCUT2D eigenvalue weighted by Gasteiger charge is -2.21. The molecule has 1 heterocycles. The van der Waals surface area contributed by atoms with E-state index < -0.39 is 18.2 Å². The normalized spacial score (nSPS) is 11.6. The SMILES string of the molecule is Cc1cccc(CNc2nc(C)cc(N[C@@H](CC(C)C)C(=O)NCCOc3ccccc3)n2)c1.O=C(O)C(F)(F)F. The minimum absolute atomic E-state index is 0.0732. The zero-order valence-corrected chi connectivity index (χ0v) is 23.5. The fraction of sp³-hybridized carbons (Fsp3) is 0.379. The van der Waals surface area contributed by atoms with Gasteiger partial charge in [-0.3, -0.25) is 4.79 Å². The number of amides is 1. The van der Waals surface area contributed by atoms with Gasteiger partial charge >= 0.3 is 12.1 Å². The van der Waals surface area contributed by atoms with Gasteiger partial charge in [0.15, 0.2) is 0 Å². The predicted molar refractivity (Wildman–Crippen MR) is 151 cm³/mol. The molecule has 1 atom stereocenters. The van der Waals surface area contributed by atoms with Crippen LogP contribution in [0.3, 0.4) is 0 Å². The third-order valence-corrected chi connectivity index (χ3v) is 5.39. The third kappa shape index (κ3) is 13.0. The van der Waals surface area contributed by atoms with E-state index in [-0.39, 0.29) is 5.91 Å². The molecule has 0 radical (unpaired) electrons. The molecule has 0 aliphatic rings. The Hall–Kier alpha value is -4.35. The molecule has 1 amide bonds. The molecule has 222 valence electrons. The van der Waals surface area contributed by atoms with Gasteiger partial charge in [0.2, 0.25) is 11.9 Å². The monoisotopic (exact) mass is 575 g/mol. The largest absolute Gasteiger partial charge is 0.492 e. The summed E-state index contributed by atoms with van der Waals surface area (Å²) in [6.45, 7) is 9.65. The summed E-state index contributed by atoms with van der Waals surface area (Å²) in [5, 5.41) is 16.7. The molecule has 41 heavy (non-hydrogen) atoms. The molecule has 3 aromatic rings. The van der Waals surface area contributed by atoms with Gasteiger partial charge in [0.25, 0.3) is 0 Å². The lowest BCUT2D eigenvalue weighted by Crippen LogP contribution is -2.42. The van der Waals surface area contributed by atoms with E-state index in [2.05, 4.69) is 64.9 Å². The third-order valence-electron chi connectivity index (χ3n) is 5.39. The maximum Gasteiger partial charge on any atom is 0.490 e. The van der Waals surface area contributed by atoms with Gasteiger partial charge in [0.1, 0.15) is 24.2 Å². The van der Waals surface area contributed by atoms with Crippen LogP contribution >= 0.6 is 0 Å². The number of carboxylic acids is 1. The highest BCUT2D eigenvalue weighted by Crippen LogP contribution is 2.16. The van der Waals surface area contributed by atoms with Crippen molar-refractivity contribution in [1.29, 1.82) is 0 Å². The average Bonchev–Trinajstić information content (AvgIpc) is 2.89. The van der Waals surface area contributed by atoms with E-state index in [4.69, 9.17) is 14.6 Å². The lowest BCUT2D eigenvalue weighted by molar-refractivity contribution is -0.192. The number of nitrogens with one attached hydrogen (secondary N) is 3. The number of ether oxygens (including phenoxy) is 1. The summed E-state index contributed by atoms with van der Waals surface area (Å²) in [6, 6.07) is 19.3. The van der Waals surface area contributed by atoms with Crippen molar-refractivity contribution in [1.82, 2.24) is 15.3 Å². The Morgan fingerprint density at radius 1 is 1.00 bits per heavy atom. The van der Waals surface area contributed by atoms with Crippen molar-refractivity contribution < 1.29 is 32.6 Å². The Bertz CT molecular complexity index is 1260. The fourth-order valence-electron chi connectivity index (χ4n) is 3.59. The minimum atomic E-state index is -5.08. The van der Waals surface area contributed by atoms with E-state index in [9.17, 15) is 18.0 Å². The number of carbonyl (C=O) groups excluding carboxylic acids is 1. The fourth-order valence-corrected chi connectivity index (χ4v) is 3.59. The first-order valence-electron chi connectivity index (χ1n) is 13.0. The van der Waals surface area contributed by atoms with Gasteiger partial charge in [0, 0.05) is 18.3 Å². The van der Waals surface area contributed by atoms with Crippen molar-refractivity contribution in [2.45, 2.75) is 52.9 Å². The summed E-state index contributed by atoms with van der Waals surface area (Å²) in [4.78, 5) is 30.9. The summed E-state index contributed by atoms with van der Waals surface area (Å²) < 4.78 is 37.4. The molecule has 0 spiro atoms. The molecule has 0 fully saturated rings. The van der Waals surface area contributed by atoms with E-state index in [0.717, 1.165) is 17.0 Å². The van der Waals surface area contributed by atoms with Crippen molar-refractivity contribution in [2.75, 3.05) is 23.8 Å². The molecule has 3 rings (SSSR count). The van der Waals surface area contributed by atoms with Crippen molar-refractivity contribution in [3.63, 3.8) is 0 Å². The van der Waals surface area contributed by atoms with Crippen molar-refractivity contribution in [2.24, 2.45) is 5.92 Å². The molecule has 0 unspecified atom stereocenters. The second-order valence-corrected chi connectivity index (χ2v) is 9.64. The molecule has 0 saturated heterocycles. The molecule has 0 bridgehead atoms. The second kappa shape index (κ2) is 16.0. The Balaban J connectivity index is 0.000000745. The van der Waals surface area contributed by atoms with Crippen LogP contribution in [0.1, 0.15) is 37.1 Å². The molecule has 0 saturated carbocycles. The molecule has 1 aromatic heterocycles. The van der Waals surface area contributed by atoms with Crippen LogP contribution in [-0.4, -0.2) is 52.3 Å². The standard InChI is InChI=1S/C27H35N5O2.C2HF3O2/c1-19(2)15-24(26(33)28-13-14-34-23-11-6-5-7-12-23)31-25-17-21(4)30-27(32-25)29-18-22-10-8-9-20(3)16-22;3-2(4,5)1(6)7/h5-12,16-17,19,24H,13-15,18H2,1-4H3,(H,28,33)(H2,29,30,31,32);(H,6,7)/t24-;/m0./s1. The highest BCUT2D eigenvalue weighted by Gasteiger charge is 2.38. The van der Waals surface area contributed by atoms with Crippen LogP contribution < -0.4 is 20.7 Å². The first kappa shape index (κ1) is 32.9. The maximum atomic E-state index is 12.9. The smallest absolute Gasteiger partial charge is 0.490 e. The number of carboxylic acid groups (broad SMARTS) is 1. The van der Waals surface area contributed by atoms with E-state index in [1.165, 1.54) is 5.56 Å². The number of para-hydroxylation sites is 1. The second-order valence-electron chi connectivity index (χ2n) is 9.64. The van der Waals surface area contributed by atoms with E-state index in [1.54, 1.807) is 0 Å². The number of aryl methyl sites for hydroxylation is 2. The van der Waals surface area contributed by atoms with Crippen molar-refractivity contribution in [3.05, 3.63) is 77.5 Å². The number of hydrogen-bond donors (Lipinski definition) is 4. The number of hydrogen-bond acceptors (Lipinski definition) is 7. The molecular weight excluding hydrogens is 539 g/mol. The zero-order chi connectivity index (χ0) is 30.4. The Morgan fingerprint density at radius 2 is 1.68 bits per heavy atom. The zero-order valence-electron chi connectivity index (χ0n) is 23.5. The number of anilines is 2. The summed E-state index contributed by atoms with van der Waals surface area (Å²) >= 11 is 0. The minimum Gasteiger partial charge on any atom is -0.492 e. The number of rotatable bonds is 12. The number of aliphatic carboxylic acids is 1. The van der Waals surface area contributed by atoms with E-state index in [0.29, 0.717) is 43.8 Å². The Kier molecular flexibility index (Phi) is 12.9. The van der Waals surface area contributed by atoms with Crippen LogP contribution in [0.2, 0.25) is 0 Å². The van der Waals surface area contributed by atoms with E-state index in [1.807, 2.05) is 49.4 Å². The number of carbonyl (C=O) groups is 2. The van der Waals surface area contributed by atoms with Gasteiger partial charge in [-0.1, -0.05) is 61.9 Å². The van der Waals surface area contributed by atoms with Crippen LogP contribution in [0.5, 0.6) is 5.75 Å². The van der Waals surface area contributed by atoms with Crippen LogP contribution in [0, 0.1) is 19.8 Å². The highest BCUT2D eigenvalue weighted by atomic mass is 19.4. The molecule has 0 aliphatic carbocycles. The molecule has 0 aliphatic heterocycles. The van der Waals surface area contributed by atoms with E-state index >= 15 is 0 Å². The van der Waals surface area contributed by atoms with Crippen LogP contribution in [0.25, 0.3) is 0 Å². The number of nitrogens with zero attached hydrogens (tertiary/aromatic N) is 2. The quantitative estimate of drug-likeness (QED) is 0.213. The summed E-state index contributed by atoms with van der Waals surface area (Å²) in [5.74, 6) is -0.547. The lowest BCUT2D eigenvalue weighted by atomic mass is 10.0. The number of alkyl halides is 3. The molecule has 4 N–H and O–H groups in total. The van der Waals surface area contributed by atoms with Gasteiger partial charge in [-0.15, -0.1) is 0 Å². The van der Waals surface area contributed by atoms with Crippen molar-refractivity contribution in [3.8, 4) is 5.75 Å². The van der Waals surface area contributed by atoms with Gasteiger partial charge in [-0.25, -0.2) is 9.78 Å². The summed E-state index contributed by atoms with van der Waals surface area (Å²) in [6.07, 6.45) is -4.40. The first-order chi connectivity index (χ1) is 19.3. The van der Waals surface area contributed by atoms with Gasteiger partial charge < -0.3 is 25.8 Å². The number of aromatic nitrogens is 2. The molecular formula is C29H36F3N5O4. The van der Waals surface area contributed by atoms with Crippen LogP contribution in [0.15, 0.2) is 60.7 Å². The molecule has 12 heteroatoms. The van der Waals surface area contributed by atoms with Crippen LogP contribution in [0.4, 0.5) is 24.9 Å². The topological polar surface area (TPSA) is 125 Å². The summed E-state index contributed by atoms with van der Waals surface area (Å²) in [5.41, 5.74) is 3.20. The average molecular weight is 576 g/mol. The molecule has 9 nitrogen and oxygen atoms in total. The number of benzene rings is 2. The van der Waals surface area contributed by atoms with Gasteiger partial charge in [0.05, 0.1) is 6.54 Å². The predicted octanol–water partition coefficient (Wildman–Crippen LogP) is 5.36. The Morgan fingerprint density at radius 3 is 2.29 bits per heavy atom. The van der Waals surface area contributed by atoms with Gasteiger partial charge in [-0.2, -0.15) is 18.2 Å². The van der Waals surface area contributed by atoms with Crippen LogP contribution in [-0.2, 0) is 16.1 Å².